The van der Waals surface area contributed by atoms with Crippen molar-refractivity contribution in [3.63, 3.8) is 0 Å². The third kappa shape index (κ3) is 3.49. The molecular formula is C10H11ClN2S. The fraction of sp³-hybridized carbons (Fsp3) is 0.300. The molecular weight excluding hydrogens is 216 g/mol. The molecule has 14 heavy (non-hydrogen) atoms. The highest BCUT2D eigenvalue weighted by Crippen LogP contribution is 2.28. The number of nitrogens with zero attached hydrogens (tertiary/aromatic N) is 1. The second kappa shape index (κ2) is 5.79. The summed E-state index contributed by atoms with van der Waals surface area (Å²) in [7, 11) is 0. The summed E-state index contributed by atoms with van der Waals surface area (Å²) < 4.78 is 0. The zero-order chi connectivity index (χ0) is 10.4. The summed E-state index contributed by atoms with van der Waals surface area (Å²) in [4.78, 5) is 1.03. The minimum atomic E-state index is 0.598. The van der Waals surface area contributed by atoms with Gasteiger partial charge < -0.3 is 5.73 Å². The Balaban J connectivity index is 2.47. The van der Waals surface area contributed by atoms with Gasteiger partial charge in [0.25, 0.3) is 0 Å². The van der Waals surface area contributed by atoms with Crippen LogP contribution in [0.5, 0.6) is 0 Å². The molecule has 0 amide bonds. The Hall–Kier alpha value is -0.850. The van der Waals surface area contributed by atoms with E-state index < -0.39 is 0 Å². The van der Waals surface area contributed by atoms with Gasteiger partial charge in [-0.2, -0.15) is 5.26 Å². The van der Waals surface area contributed by atoms with Crippen LogP contribution in [0.1, 0.15) is 12.8 Å². The first-order valence-corrected chi connectivity index (χ1v) is 5.65. The molecule has 1 aromatic rings. The van der Waals surface area contributed by atoms with Crippen molar-refractivity contribution >= 4 is 29.1 Å². The van der Waals surface area contributed by atoms with Crippen LogP contribution in [-0.2, 0) is 0 Å². The van der Waals surface area contributed by atoms with E-state index in [0.29, 0.717) is 17.1 Å². The maximum Gasteiger partial charge on any atom is 0.0622 e. The standard InChI is InChI=1S/C10H11ClN2S/c11-8-3-4-10(9(13)7-8)14-6-2-1-5-12/h3-4,7H,1-2,6,13H2. The van der Waals surface area contributed by atoms with Crippen LogP contribution in [0.4, 0.5) is 5.69 Å². The lowest BCUT2D eigenvalue weighted by molar-refractivity contribution is 0.981. The van der Waals surface area contributed by atoms with Crippen molar-refractivity contribution in [2.45, 2.75) is 17.7 Å². The van der Waals surface area contributed by atoms with Gasteiger partial charge in [0.2, 0.25) is 0 Å². The molecule has 4 heteroatoms. The highest BCUT2D eigenvalue weighted by atomic mass is 35.5. The highest BCUT2D eigenvalue weighted by Gasteiger charge is 2.00. The van der Waals surface area contributed by atoms with Gasteiger partial charge in [-0.25, -0.2) is 0 Å². The fourth-order valence-corrected chi connectivity index (χ4v) is 2.06. The van der Waals surface area contributed by atoms with Gasteiger partial charge in [0.1, 0.15) is 0 Å². The second-order valence-electron chi connectivity index (χ2n) is 2.79. The topological polar surface area (TPSA) is 49.8 Å². The number of nitrogen functional groups attached to an aromatic ring is 1. The maximum atomic E-state index is 8.35. The third-order valence-electron chi connectivity index (χ3n) is 1.66. The summed E-state index contributed by atoms with van der Waals surface area (Å²) in [6.07, 6.45) is 1.49. The van der Waals surface area contributed by atoms with Gasteiger partial charge in [-0.3, -0.25) is 0 Å². The van der Waals surface area contributed by atoms with Crippen LogP contribution < -0.4 is 5.73 Å². The fourth-order valence-electron chi connectivity index (χ4n) is 0.984. The van der Waals surface area contributed by atoms with Crippen molar-refractivity contribution in [1.29, 1.82) is 5.26 Å². The van der Waals surface area contributed by atoms with Crippen molar-refractivity contribution in [3.05, 3.63) is 23.2 Å². The largest absolute Gasteiger partial charge is 0.398 e. The van der Waals surface area contributed by atoms with Crippen molar-refractivity contribution in [3.8, 4) is 6.07 Å². The van der Waals surface area contributed by atoms with Gasteiger partial charge in [0.15, 0.2) is 0 Å². The quantitative estimate of drug-likeness (QED) is 0.487. The lowest BCUT2D eigenvalue weighted by Gasteiger charge is -2.04. The lowest BCUT2D eigenvalue weighted by Crippen LogP contribution is -1.89. The van der Waals surface area contributed by atoms with E-state index in [9.17, 15) is 0 Å². The molecule has 0 saturated heterocycles. The number of nitriles is 1. The van der Waals surface area contributed by atoms with Crippen LogP contribution in [0.3, 0.4) is 0 Å². The number of nitrogens with two attached hydrogens (primary N) is 1. The van der Waals surface area contributed by atoms with Gasteiger partial charge in [-0.05, 0) is 30.4 Å². The third-order valence-corrected chi connectivity index (χ3v) is 3.07. The molecule has 1 aromatic carbocycles. The van der Waals surface area contributed by atoms with Crippen LogP contribution in [0.25, 0.3) is 0 Å². The summed E-state index contributed by atoms with van der Waals surface area (Å²) in [6, 6.07) is 7.59. The van der Waals surface area contributed by atoms with Crippen molar-refractivity contribution in [2.75, 3.05) is 11.5 Å². The Bertz CT molecular complexity index is 346. The van der Waals surface area contributed by atoms with E-state index in [0.717, 1.165) is 17.1 Å². The molecule has 0 aliphatic rings. The SMILES string of the molecule is N#CCCCSc1ccc(Cl)cc1N. The summed E-state index contributed by atoms with van der Waals surface area (Å²) in [5.74, 6) is 0.916. The zero-order valence-electron chi connectivity index (χ0n) is 7.66. The van der Waals surface area contributed by atoms with Crippen LogP contribution >= 0.6 is 23.4 Å². The zero-order valence-corrected chi connectivity index (χ0v) is 9.24. The molecule has 2 nitrogen and oxygen atoms in total. The normalized spacial score (nSPS) is 9.71. The molecule has 0 spiro atoms. The molecule has 0 aliphatic carbocycles. The first kappa shape index (κ1) is 11.2. The molecule has 0 atom stereocenters. The van der Waals surface area contributed by atoms with E-state index in [2.05, 4.69) is 6.07 Å². The van der Waals surface area contributed by atoms with Gasteiger partial charge in [0, 0.05) is 22.0 Å². The Labute approximate surface area is 93.1 Å². The smallest absolute Gasteiger partial charge is 0.0622 e. The maximum absolute atomic E-state index is 8.35. The summed E-state index contributed by atoms with van der Waals surface area (Å²) in [5, 5.41) is 9.01. The average Bonchev–Trinajstić information content (AvgIpc) is 2.15. The van der Waals surface area contributed by atoms with E-state index >= 15 is 0 Å². The Morgan fingerprint density at radius 1 is 1.50 bits per heavy atom. The van der Waals surface area contributed by atoms with E-state index in [4.69, 9.17) is 22.6 Å². The minimum absolute atomic E-state index is 0.598. The molecule has 0 aliphatic heterocycles. The number of halogens is 1. The number of hydrogen-bond donors (Lipinski definition) is 1. The number of hydrogen-bond acceptors (Lipinski definition) is 3. The Kier molecular flexibility index (Phi) is 4.64. The number of thioether (sulfide) groups is 1. The summed E-state index contributed by atoms with van der Waals surface area (Å²) in [5.41, 5.74) is 6.47. The molecule has 0 saturated carbocycles. The van der Waals surface area contributed by atoms with Crippen LogP contribution in [0, 0.1) is 11.3 Å². The second-order valence-corrected chi connectivity index (χ2v) is 4.37. The summed E-state index contributed by atoms with van der Waals surface area (Å²) >= 11 is 7.43. The van der Waals surface area contributed by atoms with E-state index in [1.54, 1.807) is 17.8 Å². The molecule has 0 fully saturated rings. The average molecular weight is 227 g/mol. The van der Waals surface area contributed by atoms with Crippen LogP contribution in [0.15, 0.2) is 23.1 Å². The van der Waals surface area contributed by atoms with E-state index in [-0.39, 0.29) is 0 Å². The van der Waals surface area contributed by atoms with Crippen molar-refractivity contribution < 1.29 is 0 Å². The molecule has 74 valence electrons. The molecule has 0 bridgehead atoms. The molecule has 1 rings (SSSR count). The van der Waals surface area contributed by atoms with Crippen molar-refractivity contribution in [1.82, 2.24) is 0 Å². The monoisotopic (exact) mass is 226 g/mol. The predicted octanol–water partition coefficient (Wildman–Crippen LogP) is 3.32. The number of unbranched alkanes of at least 4 members (excludes halogenated alkanes) is 1. The number of benzene rings is 1. The van der Waals surface area contributed by atoms with Gasteiger partial charge >= 0.3 is 0 Å². The first-order valence-electron chi connectivity index (χ1n) is 4.29. The molecule has 0 heterocycles. The molecule has 2 N–H and O–H groups in total. The Morgan fingerprint density at radius 2 is 2.29 bits per heavy atom. The molecule has 0 radical (unpaired) electrons. The minimum Gasteiger partial charge on any atom is -0.398 e. The van der Waals surface area contributed by atoms with Crippen LogP contribution in [0.2, 0.25) is 5.02 Å². The van der Waals surface area contributed by atoms with Gasteiger partial charge in [0.05, 0.1) is 6.07 Å². The lowest BCUT2D eigenvalue weighted by atomic mass is 10.3. The van der Waals surface area contributed by atoms with Crippen molar-refractivity contribution in [2.24, 2.45) is 0 Å². The molecule has 0 aromatic heterocycles. The number of rotatable bonds is 4. The first-order chi connectivity index (χ1) is 6.74. The predicted molar refractivity (Wildman–Crippen MR) is 61.4 cm³/mol. The van der Waals surface area contributed by atoms with Gasteiger partial charge in [-0.1, -0.05) is 11.6 Å². The Morgan fingerprint density at radius 3 is 2.93 bits per heavy atom. The number of anilines is 1. The summed E-state index contributed by atoms with van der Waals surface area (Å²) in [6.45, 7) is 0. The van der Waals surface area contributed by atoms with E-state index in [1.165, 1.54) is 0 Å². The molecule has 0 unspecified atom stereocenters. The highest BCUT2D eigenvalue weighted by molar-refractivity contribution is 7.99. The van der Waals surface area contributed by atoms with E-state index in [1.807, 2.05) is 12.1 Å². The van der Waals surface area contributed by atoms with Gasteiger partial charge in [-0.15, -0.1) is 11.8 Å². The van der Waals surface area contributed by atoms with Crippen LogP contribution in [-0.4, -0.2) is 5.75 Å².